The average Bonchev–Trinajstić information content (AvgIpc) is 2.86. The number of amides is 1. The van der Waals surface area contributed by atoms with Gasteiger partial charge in [0, 0.05) is 25.0 Å². The molecule has 222 valence electrons. The molecule has 0 fully saturated rings. The summed E-state index contributed by atoms with van der Waals surface area (Å²) in [6, 6.07) is 0.817. The number of carbonyl (C=O) groups is 1. The zero-order valence-electron chi connectivity index (χ0n) is 25.8. The molecule has 1 atom stereocenters. The van der Waals surface area contributed by atoms with Crippen LogP contribution in [0.5, 0.6) is 0 Å². The summed E-state index contributed by atoms with van der Waals surface area (Å²) in [7, 11) is -0.986. The molecular formula is C31H65N2O3P. The Morgan fingerprint density at radius 2 is 1.08 bits per heavy atom. The SMILES string of the molecule is CCCCCCCCCCCCCCCC(=O)NCCCCCCOP(OCCC)N(C(C)C)C(C)C. The highest BCUT2D eigenvalue weighted by Gasteiger charge is 2.26. The maximum Gasteiger partial charge on any atom is 0.259 e. The molecule has 1 unspecified atom stereocenters. The van der Waals surface area contributed by atoms with E-state index in [-0.39, 0.29) is 5.91 Å². The Hall–Kier alpha value is -0.220. The summed E-state index contributed by atoms with van der Waals surface area (Å²) in [5, 5.41) is 3.10. The van der Waals surface area contributed by atoms with Gasteiger partial charge in [0.05, 0.1) is 13.2 Å². The van der Waals surface area contributed by atoms with Gasteiger partial charge < -0.3 is 14.4 Å². The van der Waals surface area contributed by atoms with Crippen molar-refractivity contribution in [1.82, 2.24) is 9.99 Å². The molecule has 0 aliphatic rings. The van der Waals surface area contributed by atoms with Gasteiger partial charge in [0.2, 0.25) is 5.91 Å². The maximum atomic E-state index is 12.1. The summed E-state index contributed by atoms with van der Waals surface area (Å²) in [5.41, 5.74) is 0. The largest absolute Gasteiger partial charge is 0.356 e. The molecule has 6 heteroatoms. The van der Waals surface area contributed by atoms with Crippen LogP contribution in [-0.4, -0.2) is 42.4 Å². The van der Waals surface area contributed by atoms with Gasteiger partial charge in [0.25, 0.3) is 8.53 Å². The van der Waals surface area contributed by atoms with Crippen molar-refractivity contribution in [3.05, 3.63) is 0 Å². The van der Waals surface area contributed by atoms with Crippen LogP contribution in [0.3, 0.4) is 0 Å². The molecule has 0 saturated carbocycles. The van der Waals surface area contributed by atoms with Crippen LogP contribution in [0, 0.1) is 0 Å². The lowest BCUT2D eigenvalue weighted by Crippen LogP contribution is -2.33. The molecule has 0 aliphatic heterocycles. The molecule has 0 heterocycles. The van der Waals surface area contributed by atoms with E-state index in [1.54, 1.807) is 0 Å². The van der Waals surface area contributed by atoms with E-state index in [0.29, 0.717) is 18.5 Å². The number of hydrogen-bond acceptors (Lipinski definition) is 4. The highest BCUT2D eigenvalue weighted by atomic mass is 31.2. The quantitative estimate of drug-likeness (QED) is 0.0786. The topological polar surface area (TPSA) is 50.8 Å². The fourth-order valence-electron chi connectivity index (χ4n) is 4.66. The van der Waals surface area contributed by atoms with E-state index in [1.165, 1.54) is 77.0 Å². The number of unbranched alkanes of at least 4 members (excludes halogenated alkanes) is 15. The highest BCUT2D eigenvalue weighted by Crippen LogP contribution is 2.46. The van der Waals surface area contributed by atoms with Crippen LogP contribution in [0.15, 0.2) is 0 Å². The van der Waals surface area contributed by atoms with Crippen molar-refractivity contribution in [3.8, 4) is 0 Å². The minimum absolute atomic E-state index is 0.229. The summed E-state index contributed by atoms with van der Waals surface area (Å²) in [6.07, 6.45) is 23.5. The molecule has 37 heavy (non-hydrogen) atoms. The first-order chi connectivity index (χ1) is 17.9. The van der Waals surface area contributed by atoms with E-state index in [2.05, 4.69) is 51.5 Å². The summed E-state index contributed by atoms with van der Waals surface area (Å²) in [6.45, 7) is 15.6. The molecule has 1 amide bonds. The Labute approximate surface area is 233 Å². The molecule has 0 bridgehead atoms. The van der Waals surface area contributed by atoms with E-state index in [4.69, 9.17) is 9.05 Å². The predicted octanol–water partition coefficient (Wildman–Crippen LogP) is 9.93. The van der Waals surface area contributed by atoms with Gasteiger partial charge in [-0.15, -0.1) is 0 Å². The third-order valence-corrected chi connectivity index (χ3v) is 8.86. The highest BCUT2D eigenvalue weighted by molar-refractivity contribution is 7.44. The summed E-state index contributed by atoms with van der Waals surface area (Å²) in [4.78, 5) is 12.1. The van der Waals surface area contributed by atoms with E-state index >= 15 is 0 Å². The second-order valence-electron chi connectivity index (χ2n) is 11.2. The third-order valence-electron chi connectivity index (χ3n) is 6.75. The van der Waals surface area contributed by atoms with E-state index in [9.17, 15) is 4.79 Å². The van der Waals surface area contributed by atoms with Gasteiger partial charge in [0.1, 0.15) is 0 Å². The predicted molar refractivity (Wildman–Crippen MR) is 163 cm³/mol. The average molecular weight is 545 g/mol. The van der Waals surface area contributed by atoms with Crippen LogP contribution in [0.1, 0.15) is 164 Å². The lowest BCUT2D eigenvalue weighted by atomic mass is 10.0. The zero-order chi connectivity index (χ0) is 27.6. The fourth-order valence-corrected chi connectivity index (χ4v) is 6.38. The van der Waals surface area contributed by atoms with E-state index in [0.717, 1.165) is 58.3 Å². The molecule has 0 aromatic heterocycles. The van der Waals surface area contributed by atoms with Crippen molar-refractivity contribution in [2.24, 2.45) is 0 Å². The van der Waals surface area contributed by atoms with Crippen LogP contribution in [0.4, 0.5) is 0 Å². The molecule has 0 aromatic carbocycles. The van der Waals surface area contributed by atoms with Crippen LogP contribution in [-0.2, 0) is 13.8 Å². The minimum Gasteiger partial charge on any atom is -0.356 e. The van der Waals surface area contributed by atoms with E-state index < -0.39 is 8.53 Å². The number of nitrogens with zero attached hydrogens (tertiary/aromatic N) is 1. The van der Waals surface area contributed by atoms with Crippen LogP contribution in [0.2, 0.25) is 0 Å². The molecule has 0 spiro atoms. The maximum absolute atomic E-state index is 12.1. The van der Waals surface area contributed by atoms with Gasteiger partial charge in [0.15, 0.2) is 0 Å². The summed E-state index contributed by atoms with van der Waals surface area (Å²) in [5.74, 6) is 0.229. The van der Waals surface area contributed by atoms with Gasteiger partial charge >= 0.3 is 0 Å². The Morgan fingerprint density at radius 1 is 0.622 bits per heavy atom. The number of hydrogen-bond donors (Lipinski definition) is 1. The van der Waals surface area contributed by atoms with Gasteiger partial charge in [-0.2, -0.15) is 0 Å². The van der Waals surface area contributed by atoms with Crippen molar-refractivity contribution in [1.29, 1.82) is 0 Å². The van der Waals surface area contributed by atoms with Crippen LogP contribution >= 0.6 is 8.53 Å². The number of nitrogens with one attached hydrogen (secondary N) is 1. The van der Waals surface area contributed by atoms with E-state index in [1.807, 2.05) is 0 Å². The fraction of sp³-hybridized carbons (Fsp3) is 0.968. The van der Waals surface area contributed by atoms with Gasteiger partial charge in [-0.1, -0.05) is 104 Å². The summed E-state index contributed by atoms with van der Waals surface area (Å²) >= 11 is 0. The van der Waals surface area contributed by atoms with Crippen molar-refractivity contribution >= 4 is 14.4 Å². The van der Waals surface area contributed by atoms with Crippen molar-refractivity contribution in [3.63, 3.8) is 0 Å². The Bertz CT molecular complexity index is 483. The molecule has 0 radical (unpaired) electrons. The van der Waals surface area contributed by atoms with Crippen molar-refractivity contribution in [2.75, 3.05) is 19.8 Å². The normalized spacial score (nSPS) is 12.7. The first-order valence-corrected chi connectivity index (χ1v) is 17.2. The zero-order valence-corrected chi connectivity index (χ0v) is 26.7. The first kappa shape index (κ1) is 36.8. The third kappa shape index (κ3) is 23.4. The molecule has 5 nitrogen and oxygen atoms in total. The molecular weight excluding hydrogens is 479 g/mol. The second-order valence-corrected chi connectivity index (χ2v) is 12.7. The van der Waals surface area contributed by atoms with Crippen LogP contribution in [0.25, 0.3) is 0 Å². The Balaban J connectivity index is 3.59. The molecule has 0 aromatic rings. The Kier molecular flexibility index (Phi) is 27.2. The van der Waals surface area contributed by atoms with Crippen molar-refractivity contribution < 1.29 is 13.8 Å². The van der Waals surface area contributed by atoms with Gasteiger partial charge in [-0.05, 0) is 53.4 Å². The lowest BCUT2D eigenvalue weighted by Gasteiger charge is -2.35. The Morgan fingerprint density at radius 3 is 1.59 bits per heavy atom. The number of carbonyl (C=O) groups excluding carboxylic acids is 1. The van der Waals surface area contributed by atoms with Crippen molar-refractivity contribution in [2.45, 2.75) is 176 Å². The minimum atomic E-state index is -0.986. The summed E-state index contributed by atoms with van der Waals surface area (Å²) < 4.78 is 14.6. The molecule has 0 aliphatic carbocycles. The molecule has 1 N–H and O–H groups in total. The van der Waals surface area contributed by atoms with Gasteiger partial charge in [-0.25, -0.2) is 4.67 Å². The lowest BCUT2D eigenvalue weighted by molar-refractivity contribution is -0.121. The van der Waals surface area contributed by atoms with Gasteiger partial charge in [-0.3, -0.25) is 4.79 Å². The standard InChI is InChI=1S/C31H65N2O3P/c1-7-9-10-11-12-13-14-15-16-17-18-19-22-25-31(34)32-26-23-20-21-24-28-36-37(35-27-8-2)33(29(3)4)30(5)6/h29-30H,7-28H2,1-6H3,(H,32,34). The number of rotatable bonds is 28. The smallest absolute Gasteiger partial charge is 0.259 e. The molecule has 0 rings (SSSR count). The molecule has 0 saturated heterocycles. The monoisotopic (exact) mass is 544 g/mol. The first-order valence-electron chi connectivity index (χ1n) is 16.0. The van der Waals surface area contributed by atoms with Crippen LogP contribution < -0.4 is 5.32 Å². The second kappa shape index (κ2) is 27.4.